The number of carbonyl (C=O) groups is 2. The van der Waals surface area contributed by atoms with Crippen molar-refractivity contribution in [3.63, 3.8) is 0 Å². The van der Waals surface area contributed by atoms with Crippen LogP contribution in [0.5, 0.6) is 0 Å². The number of aliphatic carboxylic acids is 1. The van der Waals surface area contributed by atoms with Gasteiger partial charge in [-0.2, -0.15) is 5.10 Å². The van der Waals surface area contributed by atoms with Crippen LogP contribution >= 0.6 is 0 Å². The molecule has 0 saturated carbocycles. The molecule has 1 aromatic rings. The number of aryl methyl sites for hydroxylation is 2. The number of hydrogen-bond acceptors (Lipinski definition) is 3. The summed E-state index contributed by atoms with van der Waals surface area (Å²) in [6, 6.07) is -0.877. The molecule has 0 bridgehead atoms. The summed E-state index contributed by atoms with van der Waals surface area (Å²) >= 11 is 0. The Hall–Kier alpha value is -2.11. The highest BCUT2D eigenvalue weighted by atomic mass is 16.4. The van der Waals surface area contributed by atoms with E-state index in [0.717, 1.165) is 17.0 Å². The predicted molar refractivity (Wildman–Crippen MR) is 75.4 cm³/mol. The molecule has 1 unspecified atom stereocenters. The molecule has 1 amide bonds. The summed E-state index contributed by atoms with van der Waals surface area (Å²) in [5, 5.41) is 15.8. The second kappa shape index (κ2) is 6.88. The molecule has 6 heteroatoms. The van der Waals surface area contributed by atoms with Gasteiger partial charge in [0.25, 0.3) is 0 Å². The lowest BCUT2D eigenvalue weighted by molar-refractivity contribution is -0.141. The first kappa shape index (κ1) is 15.9. The van der Waals surface area contributed by atoms with Crippen LogP contribution in [0.4, 0.5) is 0 Å². The minimum atomic E-state index is -1.03. The number of hydrogen-bond donors (Lipinski definition) is 2. The Kier molecular flexibility index (Phi) is 5.49. The highest BCUT2D eigenvalue weighted by Crippen LogP contribution is 2.12. The lowest BCUT2D eigenvalue weighted by Crippen LogP contribution is -2.41. The van der Waals surface area contributed by atoms with Crippen LogP contribution in [0.2, 0.25) is 0 Å². The van der Waals surface area contributed by atoms with E-state index in [1.807, 2.05) is 20.9 Å². The van der Waals surface area contributed by atoms with Gasteiger partial charge in [-0.15, -0.1) is 6.58 Å². The fourth-order valence-electron chi connectivity index (χ4n) is 2.02. The molecule has 1 heterocycles. The molecular weight excluding hydrogens is 258 g/mol. The van der Waals surface area contributed by atoms with Gasteiger partial charge in [0, 0.05) is 18.3 Å². The third-order valence-corrected chi connectivity index (χ3v) is 3.29. The summed E-state index contributed by atoms with van der Waals surface area (Å²) in [7, 11) is 1.81. The first-order valence-corrected chi connectivity index (χ1v) is 6.49. The summed E-state index contributed by atoms with van der Waals surface area (Å²) in [5.41, 5.74) is 2.55. The van der Waals surface area contributed by atoms with Crippen LogP contribution in [-0.4, -0.2) is 32.8 Å². The van der Waals surface area contributed by atoms with Crippen LogP contribution in [0.25, 0.3) is 0 Å². The summed E-state index contributed by atoms with van der Waals surface area (Å²) in [6.45, 7) is 7.27. The van der Waals surface area contributed by atoms with E-state index in [9.17, 15) is 9.59 Å². The lowest BCUT2D eigenvalue weighted by atomic mass is 10.1. The molecule has 0 aliphatic carbocycles. The maximum atomic E-state index is 12.0. The van der Waals surface area contributed by atoms with Crippen LogP contribution in [-0.2, 0) is 23.1 Å². The first-order chi connectivity index (χ1) is 9.36. The molecule has 0 aliphatic heterocycles. The zero-order valence-corrected chi connectivity index (χ0v) is 12.1. The summed E-state index contributed by atoms with van der Waals surface area (Å²) in [6.07, 6.45) is 2.67. The number of carboxylic acids is 1. The van der Waals surface area contributed by atoms with E-state index in [0.29, 0.717) is 12.8 Å². The Morgan fingerprint density at radius 1 is 1.50 bits per heavy atom. The molecule has 0 spiro atoms. The molecule has 0 saturated heterocycles. The number of allylic oxidation sites excluding steroid dienone is 1. The largest absolute Gasteiger partial charge is 0.480 e. The average Bonchev–Trinajstić information content (AvgIpc) is 2.61. The van der Waals surface area contributed by atoms with E-state index in [1.54, 1.807) is 10.8 Å². The van der Waals surface area contributed by atoms with E-state index >= 15 is 0 Å². The SMILES string of the molecule is C=CCCC(NC(=O)Cc1c(C)nn(C)c1C)C(=O)O. The Balaban J connectivity index is 2.70. The number of rotatable bonds is 7. The Morgan fingerprint density at radius 2 is 2.15 bits per heavy atom. The number of aromatic nitrogens is 2. The van der Waals surface area contributed by atoms with Gasteiger partial charge in [0.1, 0.15) is 6.04 Å². The number of carboxylic acid groups (broad SMARTS) is 1. The van der Waals surface area contributed by atoms with Crippen molar-refractivity contribution in [1.29, 1.82) is 0 Å². The summed E-state index contributed by atoms with van der Waals surface area (Å²) < 4.78 is 1.71. The molecule has 2 N–H and O–H groups in total. The lowest BCUT2D eigenvalue weighted by Gasteiger charge is -2.13. The van der Waals surface area contributed by atoms with Gasteiger partial charge < -0.3 is 10.4 Å². The molecule has 0 fully saturated rings. The second-order valence-corrected chi connectivity index (χ2v) is 4.77. The molecule has 1 atom stereocenters. The zero-order chi connectivity index (χ0) is 15.3. The van der Waals surface area contributed by atoms with Crippen molar-refractivity contribution >= 4 is 11.9 Å². The van der Waals surface area contributed by atoms with Crippen molar-refractivity contribution in [3.8, 4) is 0 Å². The van der Waals surface area contributed by atoms with Crippen molar-refractivity contribution in [2.45, 2.75) is 39.2 Å². The third-order valence-electron chi connectivity index (χ3n) is 3.29. The Bertz CT molecular complexity index is 520. The number of carbonyl (C=O) groups excluding carboxylic acids is 1. The number of nitrogens with one attached hydrogen (secondary N) is 1. The van der Waals surface area contributed by atoms with Crippen molar-refractivity contribution in [3.05, 3.63) is 29.6 Å². The molecule has 0 aromatic carbocycles. The van der Waals surface area contributed by atoms with Crippen LogP contribution in [0.3, 0.4) is 0 Å². The Morgan fingerprint density at radius 3 is 2.60 bits per heavy atom. The van der Waals surface area contributed by atoms with Crippen molar-refractivity contribution in [1.82, 2.24) is 15.1 Å². The van der Waals surface area contributed by atoms with Crippen LogP contribution < -0.4 is 5.32 Å². The highest BCUT2D eigenvalue weighted by molar-refractivity contribution is 5.85. The minimum absolute atomic E-state index is 0.142. The van der Waals surface area contributed by atoms with E-state index < -0.39 is 12.0 Å². The van der Waals surface area contributed by atoms with Gasteiger partial charge >= 0.3 is 5.97 Å². The fourth-order valence-corrected chi connectivity index (χ4v) is 2.02. The van der Waals surface area contributed by atoms with E-state index in [1.165, 1.54) is 0 Å². The predicted octanol–water partition coefficient (Wildman–Crippen LogP) is 1.12. The van der Waals surface area contributed by atoms with Crippen LogP contribution in [0.1, 0.15) is 29.8 Å². The molecule has 1 aromatic heterocycles. The normalized spacial score (nSPS) is 11.9. The van der Waals surface area contributed by atoms with Crippen LogP contribution in [0, 0.1) is 13.8 Å². The van der Waals surface area contributed by atoms with E-state index in [2.05, 4.69) is 17.0 Å². The van der Waals surface area contributed by atoms with Gasteiger partial charge in [-0.1, -0.05) is 6.08 Å². The zero-order valence-electron chi connectivity index (χ0n) is 12.1. The second-order valence-electron chi connectivity index (χ2n) is 4.77. The molecule has 1 rings (SSSR count). The first-order valence-electron chi connectivity index (χ1n) is 6.49. The average molecular weight is 279 g/mol. The molecule has 110 valence electrons. The Labute approximate surface area is 118 Å². The van der Waals surface area contributed by atoms with Gasteiger partial charge in [0.05, 0.1) is 12.1 Å². The summed E-state index contributed by atoms with van der Waals surface area (Å²) in [4.78, 5) is 23.0. The third kappa shape index (κ3) is 3.94. The molecule has 20 heavy (non-hydrogen) atoms. The minimum Gasteiger partial charge on any atom is -0.480 e. The number of nitrogens with zero attached hydrogens (tertiary/aromatic N) is 2. The van der Waals surface area contributed by atoms with Crippen molar-refractivity contribution in [2.75, 3.05) is 0 Å². The van der Waals surface area contributed by atoms with Crippen molar-refractivity contribution in [2.24, 2.45) is 7.05 Å². The molecule has 0 radical (unpaired) electrons. The topological polar surface area (TPSA) is 84.2 Å². The van der Waals surface area contributed by atoms with Gasteiger partial charge in [-0.25, -0.2) is 4.79 Å². The quantitative estimate of drug-likeness (QED) is 0.732. The van der Waals surface area contributed by atoms with Crippen molar-refractivity contribution < 1.29 is 14.7 Å². The standard InChI is InChI=1S/C14H21N3O3/c1-5-6-7-12(14(19)20)15-13(18)8-11-9(2)16-17(4)10(11)3/h5,12H,1,6-8H2,2-4H3,(H,15,18)(H,19,20). The highest BCUT2D eigenvalue weighted by Gasteiger charge is 2.20. The van der Waals surface area contributed by atoms with Crippen LogP contribution in [0.15, 0.2) is 12.7 Å². The monoisotopic (exact) mass is 279 g/mol. The van der Waals surface area contributed by atoms with E-state index in [-0.39, 0.29) is 12.3 Å². The maximum Gasteiger partial charge on any atom is 0.326 e. The summed E-state index contributed by atoms with van der Waals surface area (Å²) in [5.74, 6) is -1.33. The van der Waals surface area contributed by atoms with Gasteiger partial charge in [0.15, 0.2) is 0 Å². The fraction of sp³-hybridized carbons (Fsp3) is 0.500. The smallest absolute Gasteiger partial charge is 0.326 e. The molecular formula is C14H21N3O3. The molecule has 0 aliphatic rings. The number of amides is 1. The van der Waals surface area contributed by atoms with Gasteiger partial charge in [0.2, 0.25) is 5.91 Å². The van der Waals surface area contributed by atoms with Gasteiger partial charge in [-0.3, -0.25) is 9.48 Å². The maximum absolute atomic E-state index is 12.0. The van der Waals surface area contributed by atoms with Gasteiger partial charge in [-0.05, 0) is 26.7 Å². The molecule has 6 nitrogen and oxygen atoms in total. The van der Waals surface area contributed by atoms with E-state index in [4.69, 9.17) is 5.11 Å².